The number of ether oxygens (including phenoxy) is 1. The average Bonchev–Trinajstić information content (AvgIpc) is 3.07. The highest BCUT2D eigenvalue weighted by Gasteiger charge is 2.42. The molecule has 1 aromatic rings. The summed E-state index contributed by atoms with van der Waals surface area (Å²) in [7, 11) is 1.55. The minimum Gasteiger partial charge on any atom is -0.548 e. The maximum Gasteiger partial charge on any atom is 0.255 e. The largest absolute Gasteiger partial charge is 0.548 e. The summed E-state index contributed by atoms with van der Waals surface area (Å²) in [5, 5.41) is 11.5. The van der Waals surface area contributed by atoms with E-state index in [1.807, 2.05) is 0 Å². The van der Waals surface area contributed by atoms with E-state index in [4.69, 9.17) is 4.74 Å². The van der Waals surface area contributed by atoms with Gasteiger partial charge in [0.15, 0.2) is 0 Å². The van der Waals surface area contributed by atoms with Crippen LogP contribution in [0.3, 0.4) is 0 Å². The maximum atomic E-state index is 13.0. The standard InChI is InChI=1S/C18H23NO4S/c1-23-14-9-5-8-13(10-14)16(20)19-15(18(21)22)11-24-17(19)12-6-3-2-4-7-12/h5,8-10,12,15,17H,2-4,6-7,11H2,1H3,(H,21,22)/p-1/t15-,17-/m1/s1. The monoisotopic (exact) mass is 348 g/mol. The third kappa shape index (κ3) is 3.38. The Morgan fingerprint density at radius 2 is 2.00 bits per heavy atom. The highest BCUT2D eigenvalue weighted by molar-refractivity contribution is 8.00. The van der Waals surface area contributed by atoms with Crippen LogP contribution in [-0.4, -0.2) is 41.1 Å². The topological polar surface area (TPSA) is 69.7 Å². The van der Waals surface area contributed by atoms with Crippen LogP contribution in [0.2, 0.25) is 0 Å². The van der Waals surface area contributed by atoms with Gasteiger partial charge in [-0.2, -0.15) is 0 Å². The fraction of sp³-hybridized carbons (Fsp3) is 0.556. The smallest absolute Gasteiger partial charge is 0.255 e. The molecule has 3 rings (SSSR count). The lowest BCUT2D eigenvalue weighted by molar-refractivity contribution is -0.310. The van der Waals surface area contributed by atoms with Gasteiger partial charge in [0.25, 0.3) is 5.91 Å². The highest BCUT2D eigenvalue weighted by Crippen LogP contribution is 2.41. The number of hydrogen-bond acceptors (Lipinski definition) is 5. The van der Waals surface area contributed by atoms with Gasteiger partial charge >= 0.3 is 0 Å². The second kappa shape index (κ2) is 7.47. The molecule has 0 bridgehead atoms. The molecule has 0 spiro atoms. The average molecular weight is 348 g/mol. The zero-order valence-electron chi connectivity index (χ0n) is 13.8. The number of carbonyl (C=O) groups is 2. The first-order chi connectivity index (χ1) is 11.6. The normalized spacial score (nSPS) is 24.8. The van der Waals surface area contributed by atoms with E-state index in [0.29, 0.717) is 23.0 Å². The number of carboxylic acid groups (broad SMARTS) is 1. The predicted molar refractivity (Wildman–Crippen MR) is 90.8 cm³/mol. The molecular formula is C18H22NO4S-. The Hall–Kier alpha value is -1.69. The van der Waals surface area contributed by atoms with Crippen LogP contribution >= 0.6 is 11.8 Å². The number of hydrogen-bond donors (Lipinski definition) is 0. The molecule has 130 valence electrons. The van der Waals surface area contributed by atoms with Crippen molar-refractivity contribution in [2.24, 2.45) is 5.92 Å². The van der Waals surface area contributed by atoms with Crippen LogP contribution in [0.5, 0.6) is 5.75 Å². The summed E-state index contributed by atoms with van der Waals surface area (Å²) in [6.45, 7) is 0. The summed E-state index contributed by atoms with van der Waals surface area (Å²) in [6.07, 6.45) is 5.64. The molecule has 1 aliphatic carbocycles. The second-order valence-electron chi connectivity index (χ2n) is 6.40. The summed E-state index contributed by atoms with van der Waals surface area (Å²) >= 11 is 1.58. The summed E-state index contributed by atoms with van der Waals surface area (Å²) in [4.78, 5) is 26.2. The molecule has 0 radical (unpaired) electrons. The molecule has 2 fully saturated rings. The molecule has 1 aliphatic heterocycles. The minimum atomic E-state index is -1.17. The van der Waals surface area contributed by atoms with Gasteiger partial charge in [-0.3, -0.25) is 4.79 Å². The van der Waals surface area contributed by atoms with Gasteiger partial charge < -0.3 is 19.5 Å². The van der Waals surface area contributed by atoms with E-state index in [0.717, 1.165) is 25.7 Å². The molecule has 2 aliphatic rings. The Bertz CT molecular complexity index is 615. The molecule has 1 amide bonds. The van der Waals surface area contributed by atoms with Gasteiger partial charge in [-0.05, 0) is 37.0 Å². The summed E-state index contributed by atoms with van der Waals surface area (Å²) in [5.41, 5.74) is 0.462. The van der Waals surface area contributed by atoms with Gasteiger partial charge in [0.05, 0.1) is 24.5 Å². The van der Waals surface area contributed by atoms with Crippen LogP contribution in [0.1, 0.15) is 42.5 Å². The summed E-state index contributed by atoms with van der Waals surface area (Å²) in [6, 6.07) is 6.03. The van der Waals surface area contributed by atoms with E-state index in [2.05, 4.69) is 0 Å². The number of aliphatic carboxylic acids is 1. The molecule has 1 saturated carbocycles. The molecule has 0 aromatic heterocycles. The van der Waals surface area contributed by atoms with Crippen molar-refractivity contribution in [2.45, 2.75) is 43.5 Å². The highest BCUT2D eigenvalue weighted by atomic mass is 32.2. The number of benzene rings is 1. The Labute approximate surface area is 146 Å². The van der Waals surface area contributed by atoms with Crippen LogP contribution in [0.4, 0.5) is 0 Å². The number of thioether (sulfide) groups is 1. The van der Waals surface area contributed by atoms with E-state index in [9.17, 15) is 14.7 Å². The van der Waals surface area contributed by atoms with Crippen LogP contribution in [0.25, 0.3) is 0 Å². The number of methoxy groups -OCH3 is 1. The molecular weight excluding hydrogens is 326 g/mol. The first-order valence-electron chi connectivity index (χ1n) is 8.41. The lowest BCUT2D eigenvalue weighted by atomic mass is 9.88. The van der Waals surface area contributed by atoms with E-state index < -0.39 is 12.0 Å². The van der Waals surface area contributed by atoms with Gasteiger partial charge in [0.2, 0.25) is 0 Å². The molecule has 6 heteroatoms. The predicted octanol–water partition coefficient (Wildman–Crippen LogP) is 1.91. The van der Waals surface area contributed by atoms with Gasteiger partial charge in [-0.15, -0.1) is 11.8 Å². The van der Waals surface area contributed by atoms with Crippen LogP contribution in [0, 0.1) is 5.92 Å². The van der Waals surface area contributed by atoms with Crippen molar-refractivity contribution in [1.29, 1.82) is 0 Å². The summed E-state index contributed by atoms with van der Waals surface area (Å²) in [5.74, 6) is -0.0607. The van der Waals surface area contributed by atoms with E-state index in [1.54, 1.807) is 48.0 Å². The molecule has 24 heavy (non-hydrogen) atoms. The Kier molecular flexibility index (Phi) is 5.33. The Morgan fingerprint density at radius 3 is 2.67 bits per heavy atom. The van der Waals surface area contributed by atoms with Gasteiger partial charge in [0.1, 0.15) is 5.75 Å². The zero-order valence-corrected chi connectivity index (χ0v) is 14.6. The SMILES string of the molecule is COc1cccc(C(=O)N2[C@@H](C(=O)[O-])CS[C@@H]2C2CCCCC2)c1. The minimum absolute atomic E-state index is 0.0769. The van der Waals surface area contributed by atoms with Gasteiger partial charge in [-0.1, -0.05) is 25.3 Å². The van der Waals surface area contributed by atoms with Crippen molar-refractivity contribution in [1.82, 2.24) is 4.90 Å². The lowest BCUT2D eigenvalue weighted by Gasteiger charge is -2.36. The second-order valence-corrected chi connectivity index (χ2v) is 7.55. The van der Waals surface area contributed by atoms with Crippen molar-refractivity contribution >= 4 is 23.6 Å². The third-order valence-corrected chi connectivity index (χ3v) is 6.37. The molecule has 0 unspecified atom stereocenters. The molecule has 1 saturated heterocycles. The molecule has 1 heterocycles. The van der Waals surface area contributed by atoms with Gasteiger partial charge in [-0.25, -0.2) is 0 Å². The number of nitrogens with zero attached hydrogens (tertiary/aromatic N) is 1. The molecule has 0 N–H and O–H groups in total. The Morgan fingerprint density at radius 1 is 1.25 bits per heavy atom. The lowest BCUT2D eigenvalue weighted by Crippen LogP contribution is -2.52. The van der Waals surface area contributed by atoms with Crippen molar-refractivity contribution in [2.75, 3.05) is 12.9 Å². The fourth-order valence-corrected chi connectivity index (χ4v) is 5.28. The quantitative estimate of drug-likeness (QED) is 0.831. The number of carboxylic acids is 1. The fourth-order valence-electron chi connectivity index (χ4n) is 3.65. The van der Waals surface area contributed by atoms with Crippen molar-refractivity contribution in [3.8, 4) is 5.75 Å². The van der Waals surface area contributed by atoms with Crippen molar-refractivity contribution in [3.05, 3.63) is 29.8 Å². The zero-order chi connectivity index (χ0) is 17.1. The molecule has 5 nitrogen and oxygen atoms in total. The number of amides is 1. The Balaban J connectivity index is 1.88. The maximum absolute atomic E-state index is 13.0. The van der Waals surface area contributed by atoms with E-state index >= 15 is 0 Å². The molecule has 2 atom stereocenters. The first kappa shape index (κ1) is 17.1. The summed E-state index contributed by atoms with van der Waals surface area (Å²) < 4.78 is 5.18. The number of rotatable bonds is 4. The van der Waals surface area contributed by atoms with Crippen LogP contribution in [-0.2, 0) is 4.79 Å². The third-order valence-electron chi connectivity index (χ3n) is 4.91. The van der Waals surface area contributed by atoms with Gasteiger partial charge in [0, 0.05) is 11.3 Å². The van der Waals surface area contributed by atoms with E-state index in [-0.39, 0.29) is 11.3 Å². The first-order valence-corrected chi connectivity index (χ1v) is 9.46. The molecule has 1 aromatic carbocycles. The van der Waals surface area contributed by atoms with E-state index in [1.165, 1.54) is 6.42 Å². The van der Waals surface area contributed by atoms with Crippen LogP contribution in [0.15, 0.2) is 24.3 Å². The van der Waals surface area contributed by atoms with Crippen molar-refractivity contribution in [3.63, 3.8) is 0 Å². The van der Waals surface area contributed by atoms with Crippen molar-refractivity contribution < 1.29 is 19.4 Å². The number of carbonyl (C=O) groups excluding carboxylic acids is 2. The van der Waals surface area contributed by atoms with Crippen LogP contribution < -0.4 is 9.84 Å².